The van der Waals surface area contributed by atoms with E-state index < -0.39 is 40.2 Å². The van der Waals surface area contributed by atoms with Crippen LogP contribution in [-0.2, 0) is 32.6 Å². The van der Waals surface area contributed by atoms with Crippen LogP contribution in [0.5, 0.6) is 0 Å². The highest BCUT2D eigenvalue weighted by Gasteiger charge is 2.34. The van der Waals surface area contributed by atoms with Crippen LogP contribution in [0.3, 0.4) is 0 Å². The largest absolute Gasteiger partial charge is 0.352 e. The third-order valence-electron chi connectivity index (χ3n) is 7.53. The van der Waals surface area contributed by atoms with E-state index in [2.05, 4.69) is 5.32 Å². The lowest BCUT2D eigenvalue weighted by atomic mass is 9.94. The summed E-state index contributed by atoms with van der Waals surface area (Å²) in [7, 11) is -4.09. The molecule has 0 saturated heterocycles. The molecule has 1 atom stereocenters. The number of halogens is 2. The molecular formula is C32H37F2N3O4S. The fourth-order valence-corrected chi connectivity index (χ4v) is 6.20. The predicted molar refractivity (Wildman–Crippen MR) is 159 cm³/mol. The number of nitrogens with one attached hydrogen (secondary N) is 1. The number of aryl methyl sites for hydroxylation is 1. The van der Waals surface area contributed by atoms with Crippen LogP contribution in [0.4, 0.5) is 14.5 Å². The molecule has 7 nitrogen and oxygen atoms in total. The Bertz CT molecular complexity index is 1490. The zero-order chi connectivity index (χ0) is 30.3. The molecule has 3 aromatic carbocycles. The van der Waals surface area contributed by atoms with Crippen molar-refractivity contribution in [3.8, 4) is 0 Å². The molecule has 0 aliphatic heterocycles. The summed E-state index contributed by atoms with van der Waals surface area (Å²) in [6.07, 6.45) is 5.95. The second kappa shape index (κ2) is 13.9. The number of benzene rings is 3. The lowest BCUT2D eigenvalue weighted by molar-refractivity contribution is -0.140. The highest BCUT2D eigenvalue weighted by atomic mass is 32.2. The summed E-state index contributed by atoms with van der Waals surface area (Å²) in [6, 6.07) is 18.5. The first-order valence-electron chi connectivity index (χ1n) is 14.1. The van der Waals surface area contributed by atoms with Gasteiger partial charge in [-0.05, 0) is 43.0 Å². The highest BCUT2D eigenvalue weighted by molar-refractivity contribution is 7.92. The number of amides is 2. The molecule has 0 heterocycles. The van der Waals surface area contributed by atoms with Gasteiger partial charge in [0.05, 0.1) is 11.9 Å². The van der Waals surface area contributed by atoms with Gasteiger partial charge in [0.1, 0.15) is 12.6 Å². The Kier molecular flexibility index (Phi) is 10.3. The minimum absolute atomic E-state index is 0.00449. The number of sulfonamides is 1. The normalized spacial score (nSPS) is 14.7. The highest BCUT2D eigenvalue weighted by Crippen LogP contribution is 2.23. The van der Waals surface area contributed by atoms with Gasteiger partial charge in [-0.1, -0.05) is 79.4 Å². The number of nitrogens with zero attached hydrogens (tertiary/aromatic N) is 2. The van der Waals surface area contributed by atoms with E-state index in [1.165, 1.54) is 4.90 Å². The Hall–Kier alpha value is -3.79. The molecule has 224 valence electrons. The summed E-state index contributed by atoms with van der Waals surface area (Å²) in [5, 5.41) is 3.14. The monoisotopic (exact) mass is 597 g/mol. The number of rotatable bonds is 11. The molecule has 0 spiro atoms. The second-order valence-corrected chi connectivity index (χ2v) is 12.8. The van der Waals surface area contributed by atoms with Crippen molar-refractivity contribution in [3.63, 3.8) is 0 Å². The lowest BCUT2D eigenvalue weighted by Gasteiger charge is -2.35. The van der Waals surface area contributed by atoms with Crippen molar-refractivity contribution in [2.75, 3.05) is 17.1 Å². The van der Waals surface area contributed by atoms with E-state index in [1.54, 1.807) is 0 Å². The Balaban J connectivity index is 1.73. The number of hydrogen-bond acceptors (Lipinski definition) is 4. The maximum Gasteiger partial charge on any atom is 0.244 e. The molecule has 1 aliphatic carbocycles. The minimum Gasteiger partial charge on any atom is -0.352 e. The van der Waals surface area contributed by atoms with Crippen molar-refractivity contribution in [3.05, 3.63) is 101 Å². The maximum absolute atomic E-state index is 14.1. The molecule has 1 saturated carbocycles. The summed E-state index contributed by atoms with van der Waals surface area (Å²) < 4.78 is 54.1. The first-order chi connectivity index (χ1) is 20.0. The first kappa shape index (κ1) is 31.2. The summed E-state index contributed by atoms with van der Waals surface area (Å²) in [5.41, 5.74) is 2.38. The van der Waals surface area contributed by atoms with Gasteiger partial charge in [0, 0.05) is 25.1 Å². The fourth-order valence-electron chi connectivity index (χ4n) is 5.36. The van der Waals surface area contributed by atoms with Gasteiger partial charge >= 0.3 is 0 Å². The summed E-state index contributed by atoms with van der Waals surface area (Å²) in [4.78, 5) is 29.4. The Labute approximate surface area is 246 Å². The van der Waals surface area contributed by atoms with Gasteiger partial charge < -0.3 is 10.2 Å². The first-order valence-corrected chi connectivity index (χ1v) is 16.0. The summed E-state index contributed by atoms with van der Waals surface area (Å²) >= 11 is 0. The number of anilines is 1. The molecule has 0 aromatic heterocycles. The van der Waals surface area contributed by atoms with Gasteiger partial charge in [-0.15, -0.1) is 0 Å². The Morgan fingerprint density at radius 3 is 2.24 bits per heavy atom. The average molecular weight is 598 g/mol. The molecular weight excluding hydrogens is 560 g/mol. The summed E-state index contributed by atoms with van der Waals surface area (Å²) in [6.45, 7) is 1.27. The topological polar surface area (TPSA) is 86.8 Å². The molecule has 1 unspecified atom stereocenters. The van der Waals surface area contributed by atoms with E-state index in [1.807, 2.05) is 61.5 Å². The molecule has 10 heteroatoms. The van der Waals surface area contributed by atoms with Gasteiger partial charge in [0.15, 0.2) is 11.6 Å². The van der Waals surface area contributed by atoms with Crippen LogP contribution in [0.25, 0.3) is 0 Å². The van der Waals surface area contributed by atoms with Crippen LogP contribution >= 0.6 is 0 Å². The maximum atomic E-state index is 14.1. The van der Waals surface area contributed by atoms with E-state index in [9.17, 15) is 26.8 Å². The van der Waals surface area contributed by atoms with E-state index in [4.69, 9.17) is 0 Å². The molecule has 0 radical (unpaired) electrons. The third-order valence-corrected chi connectivity index (χ3v) is 8.67. The molecule has 1 aliphatic rings. The van der Waals surface area contributed by atoms with E-state index in [-0.39, 0.29) is 30.6 Å². The van der Waals surface area contributed by atoms with Gasteiger partial charge in [-0.2, -0.15) is 0 Å². The fraction of sp³-hybridized carbons (Fsp3) is 0.375. The van der Waals surface area contributed by atoms with E-state index in [0.29, 0.717) is 0 Å². The van der Waals surface area contributed by atoms with Crippen molar-refractivity contribution >= 4 is 27.5 Å². The van der Waals surface area contributed by atoms with Gasteiger partial charge in [-0.25, -0.2) is 17.2 Å². The number of carbonyl (C=O) groups excluding carboxylic acids is 2. The number of hydrogen-bond donors (Lipinski definition) is 1. The molecule has 42 heavy (non-hydrogen) atoms. The van der Waals surface area contributed by atoms with Crippen molar-refractivity contribution in [2.45, 2.75) is 64.1 Å². The SMILES string of the molecule is Cc1cccc(CN(C(=O)CN(c2ccc(F)c(F)c2)S(C)(=O)=O)C(Cc2ccccc2)C(=O)NC2CCCCC2)c1. The summed E-state index contributed by atoms with van der Waals surface area (Å²) in [5.74, 6) is -3.34. The van der Waals surface area contributed by atoms with Gasteiger partial charge in [-0.3, -0.25) is 13.9 Å². The molecule has 0 bridgehead atoms. The van der Waals surface area contributed by atoms with Crippen molar-refractivity contribution < 1.29 is 26.8 Å². The predicted octanol–water partition coefficient (Wildman–Crippen LogP) is 5.13. The van der Waals surface area contributed by atoms with Crippen LogP contribution in [0.1, 0.15) is 48.8 Å². The Morgan fingerprint density at radius 2 is 1.60 bits per heavy atom. The van der Waals surface area contributed by atoms with Crippen LogP contribution in [0.15, 0.2) is 72.8 Å². The molecule has 1 N–H and O–H groups in total. The van der Waals surface area contributed by atoms with Crippen LogP contribution < -0.4 is 9.62 Å². The third kappa shape index (κ3) is 8.38. The molecule has 1 fully saturated rings. The van der Waals surface area contributed by atoms with Crippen molar-refractivity contribution in [1.82, 2.24) is 10.2 Å². The lowest BCUT2D eigenvalue weighted by Crippen LogP contribution is -2.55. The minimum atomic E-state index is -4.09. The van der Waals surface area contributed by atoms with Crippen molar-refractivity contribution in [2.24, 2.45) is 0 Å². The van der Waals surface area contributed by atoms with Gasteiger partial charge in [0.2, 0.25) is 21.8 Å². The van der Waals surface area contributed by atoms with Crippen LogP contribution in [0.2, 0.25) is 0 Å². The van der Waals surface area contributed by atoms with Crippen LogP contribution in [-0.4, -0.2) is 50.0 Å². The quantitative estimate of drug-likeness (QED) is 0.332. The van der Waals surface area contributed by atoms with E-state index >= 15 is 0 Å². The van der Waals surface area contributed by atoms with Gasteiger partial charge in [0.25, 0.3) is 0 Å². The average Bonchev–Trinajstić information content (AvgIpc) is 2.95. The zero-order valence-corrected chi connectivity index (χ0v) is 24.7. The molecule has 2 amide bonds. The zero-order valence-electron chi connectivity index (χ0n) is 23.9. The Morgan fingerprint density at radius 1 is 0.905 bits per heavy atom. The number of carbonyl (C=O) groups is 2. The van der Waals surface area contributed by atoms with E-state index in [0.717, 1.165) is 77.6 Å². The molecule has 4 rings (SSSR count). The second-order valence-electron chi connectivity index (χ2n) is 10.9. The van der Waals surface area contributed by atoms with Crippen molar-refractivity contribution in [1.29, 1.82) is 0 Å². The molecule has 3 aromatic rings. The van der Waals surface area contributed by atoms with Crippen LogP contribution in [0, 0.1) is 18.6 Å². The smallest absolute Gasteiger partial charge is 0.244 e. The standard InChI is InChI=1S/C32H37F2N3O4S/c1-23-10-9-13-25(18-23)21-36(31(38)22-37(42(2,40)41)27-16-17-28(33)29(34)20-27)30(19-24-11-5-3-6-12-24)32(39)35-26-14-7-4-8-15-26/h3,5-6,9-13,16-18,20,26,30H,4,7-8,14-15,19,21-22H2,1-2H3,(H,35,39).